The molecule has 23 heavy (non-hydrogen) atoms. The smallest absolute Gasteiger partial charge is 0.309 e. The van der Waals surface area contributed by atoms with Crippen LogP contribution in [0.1, 0.15) is 72.1 Å². The lowest BCUT2D eigenvalue weighted by Gasteiger charge is -1.90. The molecule has 2 N–H and O–H groups in total. The molecule has 0 heterocycles. The number of aliphatic hydroxyl groups is 2. The molecular weight excluding hydrogens is 292 g/mol. The van der Waals surface area contributed by atoms with Gasteiger partial charge in [-0.3, -0.25) is 4.79 Å². The Morgan fingerprint density at radius 2 is 1.48 bits per heavy atom. The first-order valence-corrected chi connectivity index (χ1v) is 8.72. The van der Waals surface area contributed by atoms with Crippen molar-refractivity contribution in [2.75, 3.05) is 20.3 Å². The number of ether oxygens (including phenoxy) is 1. The highest BCUT2D eigenvalue weighted by atomic mass is 16.5. The van der Waals surface area contributed by atoms with Gasteiger partial charge in [0.1, 0.15) is 0 Å². The summed E-state index contributed by atoms with van der Waals surface area (Å²) in [6.07, 6.45) is 15.7. The van der Waals surface area contributed by atoms with E-state index in [2.05, 4.69) is 24.7 Å². The molecule has 0 spiro atoms. The van der Waals surface area contributed by atoms with Gasteiger partial charge in [-0.1, -0.05) is 64.3 Å². The van der Waals surface area contributed by atoms with Crippen molar-refractivity contribution in [2.24, 2.45) is 0 Å². The van der Waals surface area contributed by atoms with Crippen LogP contribution in [0.3, 0.4) is 0 Å². The van der Waals surface area contributed by atoms with Crippen LogP contribution in [-0.2, 0) is 9.53 Å². The van der Waals surface area contributed by atoms with Crippen LogP contribution in [0.4, 0.5) is 0 Å². The zero-order valence-electron chi connectivity index (χ0n) is 15.6. The van der Waals surface area contributed by atoms with Crippen LogP contribution in [0.15, 0.2) is 24.3 Å². The molecule has 0 amide bonds. The summed E-state index contributed by atoms with van der Waals surface area (Å²) in [5, 5.41) is 16.5. The van der Waals surface area contributed by atoms with Crippen molar-refractivity contribution in [1.29, 1.82) is 0 Å². The van der Waals surface area contributed by atoms with Gasteiger partial charge in [0.2, 0.25) is 0 Å². The fraction of sp³-hybridized carbons (Fsp3) is 0.737. The Morgan fingerprint density at radius 3 is 1.91 bits per heavy atom. The molecule has 0 aliphatic heterocycles. The number of aliphatic hydroxyl groups excluding tert-OH is 2. The molecule has 0 atom stereocenters. The van der Waals surface area contributed by atoms with Gasteiger partial charge in [-0.2, -0.15) is 0 Å². The second-order valence-electron chi connectivity index (χ2n) is 4.84. The van der Waals surface area contributed by atoms with Crippen LogP contribution in [0.5, 0.6) is 0 Å². The molecule has 0 fully saturated rings. The SMILES string of the molecule is CC/C=C/CC(=O)OC.CC/C=C/CCO.CCCCCCO. The van der Waals surface area contributed by atoms with Crippen LogP contribution in [-0.4, -0.2) is 36.5 Å². The number of carbonyl (C=O) groups is 1. The van der Waals surface area contributed by atoms with E-state index in [0.29, 0.717) is 13.0 Å². The largest absolute Gasteiger partial charge is 0.469 e. The highest BCUT2D eigenvalue weighted by molar-refractivity contribution is 5.70. The van der Waals surface area contributed by atoms with Crippen molar-refractivity contribution in [3.63, 3.8) is 0 Å². The predicted octanol–water partition coefficient (Wildman–Crippen LogP) is 4.41. The van der Waals surface area contributed by atoms with E-state index in [9.17, 15) is 4.79 Å². The molecule has 138 valence electrons. The van der Waals surface area contributed by atoms with Crippen LogP contribution in [0, 0.1) is 0 Å². The zero-order valence-corrected chi connectivity index (χ0v) is 15.6. The third kappa shape index (κ3) is 38.6. The normalized spacial score (nSPS) is 10.0. The first-order chi connectivity index (χ1) is 11.1. The Kier molecular flexibility index (Phi) is 33.7. The van der Waals surface area contributed by atoms with Crippen molar-refractivity contribution in [3.05, 3.63) is 24.3 Å². The van der Waals surface area contributed by atoms with Gasteiger partial charge in [-0.15, -0.1) is 0 Å². The second-order valence-corrected chi connectivity index (χ2v) is 4.84. The fourth-order valence-corrected chi connectivity index (χ4v) is 1.33. The lowest BCUT2D eigenvalue weighted by molar-refractivity contribution is -0.139. The molecule has 0 aromatic rings. The second kappa shape index (κ2) is 29.0. The van der Waals surface area contributed by atoms with Gasteiger partial charge in [0.25, 0.3) is 0 Å². The third-order valence-electron chi connectivity index (χ3n) is 2.62. The molecule has 0 aliphatic rings. The number of methoxy groups -OCH3 is 1. The summed E-state index contributed by atoms with van der Waals surface area (Å²) in [6, 6.07) is 0. The molecule has 0 aromatic carbocycles. The van der Waals surface area contributed by atoms with Crippen molar-refractivity contribution < 1.29 is 19.7 Å². The average molecular weight is 331 g/mol. The Balaban J connectivity index is -0.000000264. The number of carbonyl (C=O) groups excluding carboxylic acids is 1. The van der Waals surface area contributed by atoms with Crippen molar-refractivity contribution in [2.45, 2.75) is 72.1 Å². The molecule has 0 aliphatic carbocycles. The number of esters is 1. The quantitative estimate of drug-likeness (QED) is 0.354. The fourth-order valence-electron chi connectivity index (χ4n) is 1.33. The van der Waals surface area contributed by atoms with Gasteiger partial charge in [-0.25, -0.2) is 0 Å². The number of rotatable bonds is 10. The molecule has 0 aromatic heterocycles. The molecule has 0 unspecified atom stereocenters. The third-order valence-corrected chi connectivity index (χ3v) is 2.62. The monoisotopic (exact) mass is 330 g/mol. The number of unbranched alkanes of at least 4 members (excludes halogenated alkanes) is 3. The number of allylic oxidation sites excluding steroid dienone is 2. The lowest BCUT2D eigenvalue weighted by atomic mass is 10.2. The zero-order chi connectivity index (χ0) is 18.2. The summed E-state index contributed by atoms with van der Waals surface area (Å²) in [6.45, 7) is 6.90. The molecular formula is C19H38O4. The Hall–Kier alpha value is -1.13. The molecule has 4 heteroatoms. The summed E-state index contributed by atoms with van der Waals surface area (Å²) >= 11 is 0. The van der Waals surface area contributed by atoms with Crippen LogP contribution < -0.4 is 0 Å². The minimum Gasteiger partial charge on any atom is -0.469 e. The van der Waals surface area contributed by atoms with E-state index < -0.39 is 0 Å². The molecule has 0 saturated heterocycles. The molecule has 0 saturated carbocycles. The van der Waals surface area contributed by atoms with Crippen molar-refractivity contribution >= 4 is 5.97 Å². The highest BCUT2D eigenvalue weighted by Gasteiger charge is 1.91. The number of hydrogen-bond donors (Lipinski definition) is 2. The van der Waals surface area contributed by atoms with Gasteiger partial charge in [0.05, 0.1) is 13.5 Å². The Morgan fingerprint density at radius 1 is 0.870 bits per heavy atom. The standard InChI is InChI=1S/C7H12O2.C6H14O.C6H12O/c1-3-4-5-6-7(8)9-2;2*1-2-3-4-5-6-7/h4-5H,3,6H2,1-2H3;7H,2-6H2,1H3;3-4,7H,2,5-6H2,1H3/b5-4+;;4-3+. The van der Waals surface area contributed by atoms with E-state index in [1.165, 1.54) is 26.4 Å². The molecule has 0 rings (SSSR count). The van der Waals surface area contributed by atoms with E-state index in [1.807, 2.05) is 25.2 Å². The summed E-state index contributed by atoms with van der Waals surface area (Å²) < 4.78 is 4.41. The van der Waals surface area contributed by atoms with Crippen molar-refractivity contribution in [3.8, 4) is 0 Å². The summed E-state index contributed by atoms with van der Waals surface area (Å²) in [4.78, 5) is 10.4. The van der Waals surface area contributed by atoms with E-state index in [-0.39, 0.29) is 12.6 Å². The van der Waals surface area contributed by atoms with Crippen LogP contribution in [0.25, 0.3) is 0 Å². The number of hydrogen-bond acceptors (Lipinski definition) is 4. The predicted molar refractivity (Wildman–Crippen MR) is 98.4 cm³/mol. The summed E-state index contributed by atoms with van der Waals surface area (Å²) in [5.74, 6) is -0.181. The van der Waals surface area contributed by atoms with Gasteiger partial charge in [0.15, 0.2) is 0 Å². The van der Waals surface area contributed by atoms with Gasteiger partial charge in [-0.05, 0) is 25.7 Å². The van der Waals surface area contributed by atoms with E-state index >= 15 is 0 Å². The van der Waals surface area contributed by atoms with Crippen LogP contribution in [0.2, 0.25) is 0 Å². The summed E-state index contributed by atoms with van der Waals surface area (Å²) in [7, 11) is 1.39. The summed E-state index contributed by atoms with van der Waals surface area (Å²) in [5.41, 5.74) is 0. The molecule has 0 radical (unpaired) electrons. The molecule has 0 bridgehead atoms. The lowest BCUT2D eigenvalue weighted by Crippen LogP contribution is -1.96. The Bertz CT molecular complexity index is 256. The van der Waals surface area contributed by atoms with Crippen LogP contribution >= 0.6 is 0 Å². The first kappa shape index (κ1) is 26.8. The average Bonchev–Trinajstić information content (AvgIpc) is 2.57. The maximum absolute atomic E-state index is 10.4. The van der Waals surface area contributed by atoms with Gasteiger partial charge >= 0.3 is 5.97 Å². The molecule has 4 nitrogen and oxygen atoms in total. The maximum Gasteiger partial charge on any atom is 0.309 e. The van der Waals surface area contributed by atoms with Gasteiger partial charge < -0.3 is 14.9 Å². The Labute approximate surface area is 143 Å². The maximum atomic E-state index is 10.4. The van der Waals surface area contributed by atoms with E-state index in [1.54, 1.807) is 0 Å². The minimum absolute atomic E-state index is 0.181. The van der Waals surface area contributed by atoms with Crippen molar-refractivity contribution in [1.82, 2.24) is 0 Å². The van der Waals surface area contributed by atoms with Gasteiger partial charge in [0, 0.05) is 13.2 Å². The minimum atomic E-state index is -0.181. The first-order valence-electron chi connectivity index (χ1n) is 8.72. The van der Waals surface area contributed by atoms with E-state index in [4.69, 9.17) is 10.2 Å². The highest BCUT2D eigenvalue weighted by Crippen LogP contribution is 1.96. The topological polar surface area (TPSA) is 66.8 Å². The van der Waals surface area contributed by atoms with E-state index in [0.717, 1.165) is 25.7 Å².